The Morgan fingerprint density at radius 2 is 2.00 bits per heavy atom. The first kappa shape index (κ1) is 23.7. The molecule has 0 bridgehead atoms. The van der Waals surface area contributed by atoms with Gasteiger partial charge in [-0.15, -0.1) is 0 Å². The molecule has 1 aromatic heterocycles. The van der Waals surface area contributed by atoms with Crippen LogP contribution in [0.2, 0.25) is 0 Å². The number of aliphatic imine (C=N–C) groups is 1. The number of hydrogen-bond acceptors (Lipinski definition) is 7. The van der Waals surface area contributed by atoms with Gasteiger partial charge in [0.25, 0.3) is 12.4 Å². The van der Waals surface area contributed by atoms with Crippen molar-refractivity contribution in [2.75, 3.05) is 18.5 Å². The molecule has 0 saturated carbocycles. The van der Waals surface area contributed by atoms with Crippen LogP contribution in [0, 0.1) is 5.82 Å². The zero-order valence-corrected chi connectivity index (χ0v) is 16.0. The first-order valence-electron chi connectivity index (χ1n) is 8.50. The number of halogens is 4. The molecule has 13 heteroatoms. The van der Waals surface area contributed by atoms with Gasteiger partial charge in [0.1, 0.15) is 29.5 Å². The Labute approximate surface area is 173 Å². The Morgan fingerprint density at radius 1 is 1.32 bits per heavy atom. The minimum Gasteiger partial charge on any atom is -0.483 e. The number of alkyl halides is 3. The maximum atomic E-state index is 14.3. The standard InChI is InChI=1S/C17H15F4N5O2.CH2O2/c1-16(8-28-7-14(22)26-16)10-4-9(2-3-11(10)18)25-15(27)12-5-24-13(6-23-12)17(19,20)21;2-1-3/h2-6H,7-8H2,1H3,(H2,22,26)(H,25,27);1H,(H,2,3)/t16-;/m0./s1. The minimum atomic E-state index is -4.66. The Hall–Kier alpha value is -3.61. The first-order chi connectivity index (χ1) is 14.5. The third-order valence-electron chi connectivity index (χ3n) is 4.00. The predicted molar refractivity (Wildman–Crippen MR) is 99.9 cm³/mol. The fourth-order valence-electron chi connectivity index (χ4n) is 2.68. The van der Waals surface area contributed by atoms with E-state index in [0.717, 1.165) is 6.07 Å². The molecule has 0 fully saturated rings. The predicted octanol–water partition coefficient (Wildman–Crippen LogP) is 2.19. The van der Waals surface area contributed by atoms with Crippen molar-refractivity contribution in [3.05, 3.63) is 53.4 Å². The molecular formula is C18H17F4N5O4. The number of ether oxygens (including phenoxy) is 1. The average molecular weight is 443 g/mol. The number of benzene rings is 1. The summed E-state index contributed by atoms with van der Waals surface area (Å²) in [4.78, 5) is 31.5. The van der Waals surface area contributed by atoms with Crippen LogP contribution in [0.3, 0.4) is 0 Å². The number of aromatic nitrogens is 2. The summed E-state index contributed by atoms with van der Waals surface area (Å²) in [7, 11) is 0. The molecule has 1 aliphatic heterocycles. The van der Waals surface area contributed by atoms with Gasteiger partial charge in [-0.3, -0.25) is 14.6 Å². The van der Waals surface area contributed by atoms with Crippen LogP contribution in [0.15, 0.2) is 35.6 Å². The maximum Gasteiger partial charge on any atom is 0.434 e. The summed E-state index contributed by atoms with van der Waals surface area (Å²) in [6, 6.07) is 3.79. The Kier molecular flexibility index (Phi) is 7.23. The molecule has 0 radical (unpaired) electrons. The molecule has 9 nitrogen and oxygen atoms in total. The summed E-state index contributed by atoms with van der Waals surface area (Å²) >= 11 is 0. The van der Waals surface area contributed by atoms with Crippen LogP contribution >= 0.6 is 0 Å². The number of nitrogens with one attached hydrogen (secondary N) is 1. The van der Waals surface area contributed by atoms with Crippen LogP contribution < -0.4 is 11.1 Å². The van der Waals surface area contributed by atoms with Gasteiger partial charge in [0, 0.05) is 11.3 Å². The molecule has 0 spiro atoms. The van der Waals surface area contributed by atoms with Crippen molar-refractivity contribution in [2.24, 2.45) is 10.7 Å². The molecule has 1 aliphatic rings. The van der Waals surface area contributed by atoms with E-state index in [4.69, 9.17) is 20.4 Å². The van der Waals surface area contributed by atoms with E-state index in [2.05, 4.69) is 20.3 Å². The highest BCUT2D eigenvalue weighted by atomic mass is 19.4. The molecule has 31 heavy (non-hydrogen) atoms. The summed E-state index contributed by atoms with van der Waals surface area (Å²) < 4.78 is 57.2. The van der Waals surface area contributed by atoms with E-state index < -0.39 is 29.1 Å². The van der Waals surface area contributed by atoms with Gasteiger partial charge >= 0.3 is 6.18 Å². The van der Waals surface area contributed by atoms with Crippen LogP contribution in [-0.4, -0.2) is 46.5 Å². The van der Waals surface area contributed by atoms with Gasteiger partial charge in [-0.05, 0) is 25.1 Å². The highest BCUT2D eigenvalue weighted by Crippen LogP contribution is 2.32. The molecule has 2 aromatic rings. The van der Waals surface area contributed by atoms with Crippen LogP contribution in [0.25, 0.3) is 0 Å². The summed E-state index contributed by atoms with van der Waals surface area (Å²) in [6.45, 7) is 1.61. The second-order valence-corrected chi connectivity index (χ2v) is 6.41. The van der Waals surface area contributed by atoms with Crippen LogP contribution in [-0.2, 0) is 21.2 Å². The fraction of sp³-hybridized carbons (Fsp3) is 0.278. The Morgan fingerprint density at radius 3 is 2.55 bits per heavy atom. The number of nitrogens with zero attached hydrogens (tertiary/aromatic N) is 3. The summed E-state index contributed by atoms with van der Waals surface area (Å²) in [5, 5.41) is 9.33. The molecular weight excluding hydrogens is 426 g/mol. The second-order valence-electron chi connectivity index (χ2n) is 6.41. The number of rotatable bonds is 3. The van der Waals surface area contributed by atoms with E-state index >= 15 is 0 Å². The quantitative estimate of drug-likeness (QED) is 0.488. The van der Waals surface area contributed by atoms with E-state index in [1.165, 1.54) is 12.1 Å². The number of carbonyl (C=O) groups excluding carboxylic acids is 1. The smallest absolute Gasteiger partial charge is 0.434 e. The third kappa shape index (κ3) is 5.94. The lowest BCUT2D eigenvalue weighted by molar-refractivity contribution is -0.141. The maximum absolute atomic E-state index is 14.3. The van der Waals surface area contributed by atoms with Crippen LogP contribution in [0.4, 0.5) is 23.2 Å². The summed E-state index contributed by atoms with van der Waals surface area (Å²) in [5.74, 6) is -1.16. The van der Waals surface area contributed by atoms with Gasteiger partial charge in [-0.25, -0.2) is 14.4 Å². The van der Waals surface area contributed by atoms with E-state index in [1.54, 1.807) is 6.92 Å². The number of hydrogen-bond donors (Lipinski definition) is 3. The van der Waals surface area contributed by atoms with Gasteiger partial charge in [-0.1, -0.05) is 0 Å². The van der Waals surface area contributed by atoms with Crippen molar-refractivity contribution >= 4 is 23.9 Å². The second kappa shape index (κ2) is 9.47. The molecule has 2 heterocycles. The molecule has 166 valence electrons. The van der Waals surface area contributed by atoms with Crippen molar-refractivity contribution in [1.82, 2.24) is 9.97 Å². The van der Waals surface area contributed by atoms with Crippen molar-refractivity contribution in [1.29, 1.82) is 0 Å². The molecule has 3 rings (SSSR count). The molecule has 4 N–H and O–H groups in total. The summed E-state index contributed by atoms with van der Waals surface area (Å²) in [6.07, 6.45) is -3.49. The summed E-state index contributed by atoms with van der Waals surface area (Å²) in [5.41, 5.74) is 3.39. The molecule has 0 saturated heterocycles. The molecule has 0 aliphatic carbocycles. The highest BCUT2D eigenvalue weighted by Gasteiger charge is 2.34. The lowest BCUT2D eigenvalue weighted by atomic mass is 9.92. The minimum absolute atomic E-state index is 0.0897. The van der Waals surface area contributed by atoms with E-state index in [-0.39, 0.29) is 42.5 Å². The van der Waals surface area contributed by atoms with Gasteiger partial charge in [0.2, 0.25) is 0 Å². The van der Waals surface area contributed by atoms with Crippen LogP contribution in [0.1, 0.15) is 28.7 Å². The SMILES string of the molecule is C[C@@]1(c2cc(NC(=O)c3cnc(C(F)(F)F)cn3)ccc2F)COCC(N)=N1.O=CO. The van der Waals surface area contributed by atoms with E-state index in [1.807, 2.05) is 0 Å². The number of carboxylic acid groups (broad SMARTS) is 1. The Bertz CT molecular complexity index is 982. The van der Waals surface area contributed by atoms with Gasteiger partial charge in [-0.2, -0.15) is 13.2 Å². The first-order valence-corrected chi connectivity index (χ1v) is 8.50. The van der Waals surface area contributed by atoms with Crippen LogP contribution in [0.5, 0.6) is 0 Å². The molecule has 1 amide bonds. The lowest BCUT2D eigenvalue weighted by Gasteiger charge is -2.30. The van der Waals surface area contributed by atoms with Gasteiger partial charge in [0.15, 0.2) is 5.69 Å². The number of anilines is 1. The topological polar surface area (TPSA) is 140 Å². The zero-order chi connectivity index (χ0) is 23.2. The van der Waals surface area contributed by atoms with Gasteiger partial charge < -0.3 is 20.9 Å². The van der Waals surface area contributed by atoms with Crippen molar-refractivity contribution in [3.8, 4) is 0 Å². The van der Waals surface area contributed by atoms with E-state index in [0.29, 0.717) is 12.4 Å². The molecule has 1 atom stereocenters. The number of amidine groups is 1. The number of amides is 1. The van der Waals surface area contributed by atoms with Crippen molar-refractivity contribution in [3.63, 3.8) is 0 Å². The number of nitrogens with two attached hydrogens (primary N) is 1. The highest BCUT2D eigenvalue weighted by molar-refractivity contribution is 6.02. The Balaban J connectivity index is 0.00000107. The van der Waals surface area contributed by atoms with Crippen molar-refractivity contribution in [2.45, 2.75) is 18.6 Å². The fourth-order valence-corrected chi connectivity index (χ4v) is 2.68. The average Bonchev–Trinajstić information content (AvgIpc) is 2.69. The number of carbonyl (C=O) groups is 2. The third-order valence-corrected chi connectivity index (χ3v) is 4.00. The van der Waals surface area contributed by atoms with Gasteiger partial charge in [0.05, 0.1) is 19.0 Å². The largest absolute Gasteiger partial charge is 0.483 e. The molecule has 0 unspecified atom stereocenters. The normalized spacial score (nSPS) is 18.3. The zero-order valence-electron chi connectivity index (χ0n) is 16.0. The lowest BCUT2D eigenvalue weighted by Crippen LogP contribution is -2.38. The monoisotopic (exact) mass is 443 g/mol. The van der Waals surface area contributed by atoms with Crippen molar-refractivity contribution < 1.29 is 37.0 Å². The van der Waals surface area contributed by atoms with E-state index in [9.17, 15) is 22.4 Å². The molecule has 1 aromatic carbocycles.